The molecule has 1 aromatic carbocycles. The summed E-state index contributed by atoms with van der Waals surface area (Å²) in [5.74, 6) is 0.0827. The first-order chi connectivity index (χ1) is 12.3. The number of nitrogens with zero attached hydrogens (tertiary/aromatic N) is 2. The van der Waals surface area contributed by atoms with Crippen LogP contribution < -0.4 is 10.9 Å². The van der Waals surface area contributed by atoms with Gasteiger partial charge in [0.1, 0.15) is 4.83 Å². The molecule has 0 aliphatic carbocycles. The SMILES string of the molecule is Cc1cccc(NC(=O)CSc2nc3sc(C)c(C)c3c(=O)n2C)c1C. The summed E-state index contributed by atoms with van der Waals surface area (Å²) in [5.41, 5.74) is 3.93. The molecule has 2 aromatic heterocycles. The third kappa shape index (κ3) is 3.41. The predicted molar refractivity (Wildman–Crippen MR) is 110 cm³/mol. The van der Waals surface area contributed by atoms with Crippen LogP contribution in [0.5, 0.6) is 0 Å². The van der Waals surface area contributed by atoms with Crippen LogP contribution in [0.3, 0.4) is 0 Å². The van der Waals surface area contributed by atoms with Crippen LogP contribution in [0.2, 0.25) is 0 Å². The highest BCUT2D eigenvalue weighted by Crippen LogP contribution is 2.28. The second-order valence-electron chi connectivity index (χ2n) is 6.31. The van der Waals surface area contributed by atoms with Gasteiger partial charge in [-0.3, -0.25) is 14.2 Å². The molecule has 26 heavy (non-hydrogen) atoms. The molecule has 3 rings (SSSR count). The van der Waals surface area contributed by atoms with Crippen molar-refractivity contribution >= 4 is 44.9 Å². The summed E-state index contributed by atoms with van der Waals surface area (Å²) in [5, 5.41) is 4.17. The van der Waals surface area contributed by atoms with Crippen LogP contribution in [-0.2, 0) is 11.8 Å². The van der Waals surface area contributed by atoms with Gasteiger partial charge in [-0.2, -0.15) is 0 Å². The molecule has 2 heterocycles. The predicted octanol–water partition coefficient (Wildman–Crippen LogP) is 3.96. The van der Waals surface area contributed by atoms with Crippen molar-refractivity contribution in [3.63, 3.8) is 0 Å². The lowest BCUT2D eigenvalue weighted by Crippen LogP contribution is -2.21. The lowest BCUT2D eigenvalue weighted by atomic mass is 10.1. The Kier molecular flexibility index (Phi) is 5.20. The molecule has 0 spiro atoms. The van der Waals surface area contributed by atoms with Gasteiger partial charge in [0.2, 0.25) is 5.91 Å². The van der Waals surface area contributed by atoms with Crippen LogP contribution in [-0.4, -0.2) is 21.2 Å². The summed E-state index contributed by atoms with van der Waals surface area (Å²) in [4.78, 5) is 31.4. The van der Waals surface area contributed by atoms with E-state index in [1.165, 1.54) is 27.7 Å². The number of anilines is 1. The van der Waals surface area contributed by atoms with Crippen LogP contribution in [0, 0.1) is 27.7 Å². The first-order valence-electron chi connectivity index (χ1n) is 8.25. The number of thiophene rings is 1. The lowest BCUT2D eigenvalue weighted by molar-refractivity contribution is -0.113. The number of hydrogen-bond acceptors (Lipinski definition) is 5. The van der Waals surface area contributed by atoms with E-state index >= 15 is 0 Å². The van der Waals surface area contributed by atoms with Crippen molar-refractivity contribution in [3.05, 3.63) is 50.1 Å². The topological polar surface area (TPSA) is 64.0 Å². The Morgan fingerprint density at radius 2 is 1.96 bits per heavy atom. The molecule has 136 valence electrons. The first kappa shape index (κ1) is 18.7. The summed E-state index contributed by atoms with van der Waals surface area (Å²) >= 11 is 2.79. The van der Waals surface area contributed by atoms with Gasteiger partial charge in [-0.1, -0.05) is 23.9 Å². The van der Waals surface area contributed by atoms with E-state index < -0.39 is 0 Å². The second-order valence-corrected chi connectivity index (χ2v) is 8.45. The number of thioether (sulfide) groups is 1. The Hall–Kier alpha value is -2.12. The van der Waals surface area contributed by atoms with Gasteiger partial charge < -0.3 is 5.32 Å². The van der Waals surface area contributed by atoms with Crippen molar-refractivity contribution in [1.29, 1.82) is 0 Å². The van der Waals surface area contributed by atoms with E-state index in [4.69, 9.17) is 0 Å². The van der Waals surface area contributed by atoms with Crippen molar-refractivity contribution < 1.29 is 4.79 Å². The molecule has 0 aliphatic heterocycles. The number of fused-ring (bicyclic) bond motifs is 1. The fourth-order valence-electron chi connectivity index (χ4n) is 2.69. The van der Waals surface area contributed by atoms with Crippen LogP contribution >= 0.6 is 23.1 Å². The molecule has 7 heteroatoms. The van der Waals surface area contributed by atoms with E-state index in [0.29, 0.717) is 10.5 Å². The number of nitrogens with one attached hydrogen (secondary N) is 1. The third-order valence-corrected chi connectivity index (χ3v) is 6.71. The minimum atomic E-state index is -0.114. The second kappa shape index (κ2) is 7.25. The van der Waals surface area contributed by atoms with Gasteiger partial charge in [-0.15, -0.1) is 11.3 Å². The van der Waals surface area contributed by atoms with Gasteiger partial charge in [0.15, 0.2) is 5.16 Å². The minimum absolute atomic E-state index is 0.0608. The van der Waals surface area contributed by atoms with Crippen molar-refractivity contribution in [3.8, 4) is 0 Å². The molecule has 5 nitrogen and oxygen atoms in total. The monoisotopic (exact) mass is 387 g/mol. The zero-order valence-corrected chi connectivity index (χ0v) is 17.1. The summed E-state index contributed by atoms with van der Waals surface area (Å²) in [7, 11) is 1.70. The average molecular weight is 388 g/mol. The zero-order chi connectivity index (χ0) is 19.0. The van der Waals surface area contributed by atoms with Crippen LogP contribution in [0.15, 0.2) is 28.2 Å². The average Bonchev–Trinajstić information content (AvgIpc) is 2.88. The summed E-state index contributed by atoms with van der Waals surface area (Å²) in [6.45, 7) is 7.94. The molecular formula is C19H21N3O2S2. The number of carbonyl (C=O) groups is 1. The molecule has 0 aliphatic rings. The Morgan fingerprint density at radius 3 is 2.69 bits per heavy atom. The maximum Gasteiger partial charge on any atom is 0.262 e. The molecule has 0 radical (unpaired) electrons. The number of aryl methyl sites for hydroxylation is 3. The third-order valence-electron chi connectivity index (χ3n) is 4.58. The summed E-state index contributed by atoms with van der Waals surface area (Å²) in [6.07, 6.45) is 0. The number of amides is 1. The van der Waals surface area contributed by atoms with Crippen LogP contribution in [0.4, 0.5) is 5.69 Å². The largest absolute Gasteiger partial charge is 0.325 e. The Morgan fingerprint density at radius 1 is 1.23 bits per heavy atom. The molecule has 0 fully saturated rings. The fourth-order valence-corrected chi connectivity index (χ4v) is 4.53. The van der Waals surface area contributed by atoms with Crippen LogP contribution in [0.1, 0.15) is 21.6 Å². The molecule has 0 unspecified atom stereocenters. The van der Waals surface area contributed by atoms with E-state index in [1.807, 2.05) is 45.9 Å². The van der Waals surface area contributed by atoms with E-state index in [1.54, 1.807) is 7.05 Å². The van der Waals surface area contributed by atoms with Crippen LogP contribution in [0.25, 0.3) is 10.2 Å². The first-order valence-corrected chi connectivity index (χ1v) is 10.1. The molecule has 3 aromatic rings. The molecule has 1 N–H and O–H groups in total. The van der Waals surface area contributed by atoms with Crippen molar-refractivity contribution in [2.24, 2.45) is 7.05 Å². The maximum absolute atomic E-state index is 12.6. The highest BCUT2D eigenvalue weighted by Gasteiger charge is 2.16. The van der Waals surface area contributed by atoms with Gasteiger partial charge in [0.25, 0.3) is 5.56 Å². The highest BCUT2D eigenvalue weighted by atomic mass is 32.2. The van der Waals surface area contributed by atoms with E-state index in [9.17, 15) is 9.59 Å². The smallest absolute Gasteiger partial charge is 0.262 e. The molecule has 0 saturated heterocycles. The van der Waals surface area contributed by atoms with Crippen molar-refractivity contribution in [2.45, 2.75) is 32.9 Å². The number of hydrogen-bond donors (Lipinski definition) is 1. The van der Waals surface area contributed by atoms with Gasteiger partial charge in [-0.25, -0.2) is 4.98 Å². The Labute approximate surface area is 160 Å². The molecule has 1 amide bonds. The molecule has 0 bridgehead atoms. The van der Waals surface area contributed by atoms with Crippen molar-refractivity contribution in [2.75, 3.05) is 11.1 Å². The molecular weight excluding hydrogens is 366 g/mol. The number of aromatic nitrogens is 2. The van der Waals surface area contributed by atoms with Gasteiger partial charge >= 0.3 is 0 Å². The van der Waals surface area contributed by atoms with E-state index in [2.05, 4.69) is 10.3 Å². The normalized spacial score (nSPS) is 11.1. The standard InChI is InChI=1S/C19H21N3O2S2/c1-10-7-6-8-14(11(10)2)20-15(23)9-25-19-21-17-16(18(24)22(19)5)12(3)13(4)26-17/h6-8H,9H2,1-5H3,(H,20,23). The summed E-state index contributed by atoms with van der Waals surface area (Å²) in [6, 6.07) is 5.83. The lowest BCUT2D eigenvalue weighted by Gasteiger charge is -2.11. The zero-order valence-electron chi connectivity index (χ0n) is 15.5. The van der Waals surface area contributed by atoms with E-state index in [-0.39, 0.29) is 17.2 Å². The maximum atomic E-state index is 12.6. The summed E-state index contributed by atoms with van der Waals surface area (Å²) < 4.78 is 1.53. The number of rotatable bonds is 4. The quantitative estimate of drug-likeness (QED) is 0.544. The van der Waals surface area contributed by atoms with Gasteiger partial charge in [0, 0.05) is 17.6 Å². The Bertz CT molecular complexity index is 1070. The number of benzene rings is 1. The highest BCUT2D eigenvalue weighted by molar-refractivity contribution is 7.99. The molecule has 0 atom stereocenters. The Balaban J connectivity index is 1.79. The van der Waals surface area contributed by atoms with Gasteiger partial charge in [-0.05, 0) is 50.5 Å². The fraction of sp³-hybridized carbons (Fsp3) is 0.316. The minimum Gasteiger partial charge on any atom is -0.325 e. The number of carbonyl (C=O) groups excluding carboxylic acids is 1. The van der Waals surface area contributed by atoms with Gasteiger partial charge in [0.05, 0.1) is 11.1 Å². The van der Waals surface area contributed by atoms with E-state index in [0.717, 1.165) is 32.1 Å². The molecule has 0 saturated carbocycles. The van der Waals surface area contributed by atoms with Crippen molar-refractivity contribution in [1.82, 2.24) is 9.55 Å².